The molecule has 0 saturated heterocycles. The molecule has 10 heteroatoms. The molecule has 0 saturated carbocycles. The summed E-state index contributed by atoms with van der Waals surface area (Å²) in [6, 6.07) is 0. The van der Waals surface area contributed by atoms with E-state index in [1.54, 1.807) is 0 Å². The predicted octanol–water partition coefficient (Wildman–Crippen LogP) is -4.04. The summed E-state index contributed by atoms with van der Waals surface area (Å²) in [4.78, 5) is 39.6. The minimum absolute atomic E-state index is 0. The molecule has 0 radical (unpaired) electrons. The Balaban J connectivity index is 0. The van der Waals surface area contributed by atoms with Gasteiger partial charge in [0.15, 0.2) is 6.10 Å². The third-order valence-corrected chi connectivity index (χ3v) is 1.70. The molecule has 17 heavy (non-hydrogen) atoms. The summed E-state index contributed by atoms with van der Waals surface area (Å²) in [5.41, 5.74) is 0. The Hall–Kier alpha value is 0.0500. The fourth-order valence-electron chi connectivity index (χ4n) is 0.738. The van der Waals surface area contributed by atoms with Gasteiger partial charge in [0.1, 0.15) is 6.61 Å². The van der Waals surface area contributed by atoms with Gasteiger partial charge in [0.25, 0.3) is 7.82 Å². The predicted molar refractivity (Wildman–Crippen MR) is 48.0 cm³/mol. The van der Waals surface area contributed by atoms with Gasteiger partial charge in [0.2, 0.25) is 0 Å². The molecular weight excluding hydrogens is 266 g/mol. The average Bonchev–Trinajstić information content (AvgIpc) is 2.07. The van der Waals surface area contributed by atoms with Crippen LogP contribution >= 0.6 is 7.82 Å². The maximum Gasteiger partial charge on any atom is 1.00 e. The molecule has 0 fully saturated rings. The Labute approximate surface area is 120 Å². The molecule has 1 unspecified atom stereocenters. The molecule has 0 aliphatic heterocycles. The fraction of sp³-hybridized carbons (Fsp3) is 0.714. The summed E-state index contributed by atoms with van der Waals surface area (Å²) in [6.07, 6.45) is -1.09. The number of rotatable bonds is 6. The normalized spacial score (nSPS) is 15.1. The van der Waals surface area contributed by atoms with Gasteiger partial charge in [-0.2, -0.15) is 0 Å². The molecule has 0 heterocycles. The first-order valence-corrected chi connectivity index (χ1v) is 5.69. The van der Waals surface area contributed by atoms with Crippen LogP contribution in [0.25, 0.3) is 0 Å². The number of hydrogen-bond donors (Lipinski definition) is 1. The van der Waals surface area contributed by atoms with Crippen molar-refractivity contribution < 1.29 is 67.5 Å². The van der Waals surface area contributed by atoms with E-state index in [2.05, 4.69) is 14.0 Å². The van der Waals surface area contributed by atoms with E-state index in [0.717, 1.165) is 13.8 Å². The number of carbonyl (C=O) groups is 2. The monoisotopic (exact) mass is 278 g/mol. The molecule has 0 rings (SSSR count). The first-order valence-electron chi connectivity index (χ1n) is 4.19. The molecule has 2 atom stereocenters. The molecule has 0 aromatic rings. The minimum Gasteiger partial charge on any atom is -0.756 e. The van der Waals surface area contributed by atoms with Crippen molar-refractivity contribution >= 4 is 19.8 Å². The van der Waals surface area contributed by atoms with Crippen LogP contribution in [-0.2, 0) is 28.2 Å². The van der Waals surface area contributed by atoms with Crippen molar-refractivity contribution in [2.45, 2.75) is 20.0 Å². The van der Waals surface area contributed by atoms with E-state index in [0.29, 0.717) is 0 Å². The van der Waals surface area contributed by atoms with Crippen molar-refractivity contribution in [1.82, 2.24) is 0 Å². The number of ether oxygens (including phenoxy) is 2. The summed E-state index contributed by atoms with van der Waals surface area (Å²) in [5, 5.41) is 0. The van der Waals surface area contributed by atoms with Crippen LogP contribution in [-0.4, -0.2) is 36.1 Å². The molecule has 0 spiro atoms. The van der Waals surface area contributed by atoms with Crippen molar-refractivity contribution in [2.24, 2.45) is 0 Å². The van der Waals surface area contributed by atoms with Gasteiger partial charge >= 0.3 is 41.5 Å². The zero-order valence-corrected chi connectivity index (χ0v) is 12.6. The Morgan fingerprint density at radius 3 is 2.18 bits per heavy atom. The van der Waals surface area contributed by atoms with Crippen molar-refractivity contribution in [1.29, 1.82) is 0 Å². The number of phosphoric acid groups is 1. The van der Waals surface area contributed by atoms with Crippen LogP contribution in [0.5, 0.6) is 0 Å². The molecule has 1 N–H and O–H groups in total. The molecular formula is C7H12NaO8P. The Kier molecular flexibility index (Phi) is 10.3. The van der Waals surface area contributed by atoms with Crippen molar-refractivity contribution in [3.63, 3.8) is 0 Å². The van der Waals surface area contributed by atoms with E-state index in [1.165, 1.54) is 0 Å². The van der Waals surface area contributed by atoms with E-state index in [4.69, 9.17) is 4.89 Å². The van der Waals surface area contributed by atoms with Gasteiger partial charge in [-0.05, 0) is 0 Å². The molecule has 0 bridgehead atoms. The smallest absolute Gasteiger partial charge is 0.756 e. The van der Waals surface area contributed by atoms with Gasteiger partial charge < -0.3 is 23.8 Å². The zero-order valence-electron chi connectivity index (χ0n) is 9.74. The van der Waals surface area contributed by atoms with E-state index in [1.807, 2.05) is 0 Å². The second-order valence-corrected chi connectivity index (χ2v) is 3.99. The SMILES string of the molecule is CC(=O)OC[C@H](COP(=O)([O-])O)OC(C)=O.[Na+]. The average molecular weight is 278 g/mol. The molecule has 8 nitrogen and oxygen atoms in total. The Morgan fingerprint density at radius 2 is 1.82 bits per heavy atom. The van der Waals surface area contributed by atoms with Crippen LogP contribution in [0, 0.1) is 0 Å². The Bertz CT molecular complexity index is 300. The topological polar surface area (TPSA) is 122 Å². The Morgan fingerprint density at radius 1 is 1.29 bits per heavy atom. The van der Waals surface area contributed by atoms with Crippen molar-refractivity contribution in [2.75, 3.05) is 13.2 Å². The molecule has 0 aromatic carbocycles. The zero-order chi connectivity index (χ0) is 12.8. The van der Waals surface area contributed by atoms with E-state index >= 15 is 0 Å². The summed E-state index contributed by atoms with van der Waals surface area (Å²) >= 11 is 0. The van der Waals surface area contributed by atoms with Crippen LogP contribution < -0.4 is 34.5 Å². The first kappa shape index (κ1) is 19.4. The number of phosphoric ester groups is 1. The number of carbonyl (C=O) groups excluding carboxylic acids is 2. The van der Waals surface area contributed by atoms with Crippen LogP contribution in [0.3, 0.4) is 0 Å². The van der Waals surface area contributed by atoms with Crippen LogP contribution in [0.1, 0.15) is 13.8 Å². The maximum atomic E-state index is 10.6. The first-order chi connectivity index (χ1) is 7.20. The quantitative estimate of drug-likeness (QED) is 0.296. The van der Waals surface area contributed by atoms with E-state index in [-0.39, 0.29) is 36.2 Å². The summed E-state index contributed by atoms with van der Waals surface area (Å²) < 4.78 is 23.4. The fourth-order valence-corrected chi connectivity index (χ4v) is 1.09. The molecule has 0 aliphatic carbocycles. The van der Waals surface area contributed by atoms with Crippen LogP contribution in [0.4, 0.5) is 0 Å². The van der Waals surface area contributed by atoms with E-state index in [9.17, 15) is 19.0 Å². The second-order valence-electron chi connectivity index (χ2n) is 2.80. The third kappa shape index (κ3) is 14.0. The molecule has 0 aliphatic rings. The number of hydrogen-bond acceptors (Lipinski definition) is 7. The second kappa shape index (κ2) is 9.04. The van der Waals surface area contributed by atoms with Crippen LogP contribution in [0.15, 0.2) is 0 Å². The number of esters is 2. The van der Waals surface area contributed by atoms with Gasteiger partial charge in [-0.3, -0.25) is 14.2 Å². The van der Waals surface area contributed by atoms with Gasteiger partial charge in [0, 0.05) is 13.8 Å². The van der Waals surface area contributed by atoms with Crippen molar-refractivity contribution in [3.05, 3.63) is 0 Å². The summed E-state index contributed by atoms with van der Waals surface area (Å²) in [7, 11) is -4.89. The van der Waals surface area contributed by atoms with Gasteiger partial charge in [-0.15, -0.1) is 0 Å². The van der Waals surface area contributed by atoms with E-state index < -0.39 is 32.5 Å². The molecule has 0 amide bonds. The summed E-state index contributed by atoms with van der Waals surface area (Å²) in [6.45, 7) is 1.26. The standard InChI is InChI=1S/C7H13O8P.Na/c1-5(8)13-3-7(15-6(2)9)4-14-16(10,11)12;/h7H,3-4H2,1-2H3,(H2,10,11,12);/q;+1/p-1/t7-;/m1./s1. The minimum atomic E-state index is -4.89. The molecule has 0 aromatic heterocycles. The third-order valence-electron chi connectivity index (χ3n) is 1.23. The van der Waals surface area contributed by atoms with Gasteiger partial charge in [-0.1, -0.05) is 0 Å². The summed E-state index contributed by atoms with van der Waals surface area (Å²) in [5.74, 6) is -1.31. The van der Waals surface area contributed by atoms with Gasteiger partial charge in [0.05, 0.1) is 6.61 Å². The maximum absolute atomic E-state index is 10.6. The van der Waals surface area contributed by atoms with Gasteiger partial charge in [-0.25, -0.2) is 0 Å². The largest absolute Gasteiger partial charge is 1.00 e. The van der Waals surface area contributed by atoms with Crippen molar-refractivity contribution in [3.8, 4) is 0 Å². The molecule has 94 valence electrons. The van der Waals surface area contributed by atoms with Crippen LogP contribution in [0.2, 0.25) is 0 Å².